The van der Waals surface area contributed by atoms with Gasteiger partial charge in [0.1, 0.15) is 52.4 Å². The predicted octanol–water partition coefficient (Wildman–Crippen LogP) is 8.22. The van der Waals surface area contributed by atoms with E-state index in [2.05, 4.69) is 68.7 Å². The molecule has 27 heteroatoms. The molecular weight excluding hydrogens is 1290 g/mol. The molecule has 2 fully saturated rings. The van der Waals surface area contributed by atoms with Crippen molar-refractivity contribution in [3.8, 4) is 5.75 Å². The quantitative estimate of drug-likeness (QED) is 0.0146. The van der Waals surface area contributed by atoms with Gasteiger partial charge >= 0.3 is 24.2 Å². The first-order valence-corrected chi connectivity index (χ1v) is 31.7. The summed E-state index contributed by atoms with van der Waals surface area (Å²) < 4.78 is 35.4. The first-order valence-electron chi connectivity index (χ1n) is 29.1. The fraction of sp³-hybridized carbons (Fsp3) is 0.557. The molecular formula is C61H82Br2ClN9O15. The third-order valence-electron chi connectivity index (χ3n) is 15.8. The molecule has 0 spiro atoms. The van der Waals surface area contributed by atoms with Crippen molar-refractivity contribution in [2.75, 3.05) is 54.0 Å². The highest BCUT2D eigenvalue weighted by atomic mass is 79.9. The van der Waals surface area contributed by atoms with Crippen molar-refractivity contribution in [2.24, 2.45) is 23.5 Å². The minimum Gasteiger partial charge on any atom is -0.495 e. The lowest BCUT2D eigenvalue weighted by Gasteiger charge is -2.42. The molecule has 3 aliphatic rings. The van der Waals surface area contributed by atoms with E-state index in [0.717, 1.165) is 11.1 Å². The zero-order valence-corrected chi connectivity index (χ0v) is 55.2. The molecule has 6 rings (SSSR count). The van der Waals surface area contributed by atoms with Gasteiger partial charge in [-0.15, -0.1) is 0 Å². The zero-order chi connectivity index (χ0) is 64.8. The topological polar surface area (TPSA) is 330 Å². The van der Waals surface area contributed by atoms with Crippen LogP contribution < -0.4 is 47.3 Å². The van der Waals surface area contributed by atoms with E-state index in [-0.39, 0.29) is 71.9 Å². The number of unbranched alkanes of at least 4 members (excludes halogenated alkanes) is 1. The lowest BCUT2D eigenvalue weighted by Crippen LogP contribution is -2.63. The second-order valence-electron chi connectivity index (χ2n) is 23.5. The van der Waals surface area contributed by atoms with Crippen molar-refractivity contribution in [2.45, 2.75) is 160 Å². The van der Waals surface area contributed by atoms with Crippen molar-refractivity contribution < 1.29 is 71.9 Å². The van der Waals surface area contributed by atoms with Crippen molar-refractivity contribution in [3.05, 3.63) is 77.0 Å². The maximum atomic E-state index is 14.6. The van der Waals surface area contributed by atoms with Gasteiger partial charge in [-0.05, 0) is 114 Å². The number of carbonyl (C=O) groups is 8. The van der Waals surface area contributed by atoms with Crippen molar-refractivity contribution >= 4 is 119 Å². The molecule has 88 heavy (non-hydrogen) atoms. The number of allylic oxidation sites excluding steroid dienone is 3. The second-order valence-corrected chi connectivity index (χ2v) is 25.2. The summed E-state index contributed by atoms with van der Waals surface area (Å²) in [6.45, 7) is 12.5. The molecule has 8 amide bonds. The number of hydrogen-bond acceptors (Lipinski definition) is 16. The number of aliphatic hydroxyl groups is 1. The highest BCUT2D eigenvalue weighted by Gasteiger charge is 2.64. The molecule has 9 atom stereocenters. The Balaban J connectivity index is 1.21. The number of hydrogen-bond donors (Lipinski definition) is 8. The van der Waals surface area contributed by atoms with Gasteiger partial charge in [-0.3, -0.25) is 39.6 Å². The van der Waals surface area contributed by atoms with Gasteiger partial charge in [0.2, 0.25) is 23.6 Å². The lowest BCUT2D eigenvalue weighted by molar-refractivity contribution is -0.160. The molecule has 0 aliphatic carbocycles. The van der Waals surface area contributed by atoms with Crippen LogP contribution in [0.1, 0.15) is 105 Å². The van der Waals surface area contributed by atoms with Crippen LogP contribution in [-0.4, -0.2) is 150 Å². The summed E-state index contributed by atoms with van der Waals surface area (Å²) >= 11 is 13.5. The van der Waals surface area contributed by atoms with Crippen LogP contribution in [0.25, 0.3) is 10.9 Å². The van der Waals surface area contributed by atoms with Gasteiger partial charge in [0.05, 0.1) is 48.1 Å². The number of nitrogens with one attached hydrogen (secondary N) is 6. The normalized spacial score (nSPS) is 23.8. The van der Waals surface area contributed by atoms with Crippen LogP contribution in [0, 0.1) is 17.8 Å². The Hall–Kier alpha value is -6.58. The average Bonchev–Trinajstić information content (AvgIpc) is 1.96. The molecule has 3 aromatic rings. The molecule has 1 aromatic heterocycles. The van der Waals surface area contributed by atoms with E-state index in [1.807, 2.05) is 26.8 Å². The van der Waals surface area contributed by atoms with E-state index in [0.29, 0.717) is 53.2 Å². The van der Waals surface area contributed by atoms with E-state index in [1.54, 1.807) is 64.1 Å². The van der Waals surface area contributed by atoms with Crippen LogP contribution in [0.3, 0.4) is 0 Å². The Morgan fingerprint density at radius 2 is 1.73 bits per heavy atom. The average molecular weight is 1380 g/mol. The SMILES string of the molecule is COc1cc2cc(c1Cl)N(C)C(=O)C[C@H](OC(=O)Nc1ccc(NC(=O)[C@H](CCCNC(N)=O)NC(=O)[C@@H](NC(=O)CCCCC(C)(C)OC(=O)C(CBr)CBr)C(C)C)c3cccnc13)[C@]1(C)O[C@H]1[C@H](C)[C@@H]1C[C@@](O)(NC(=O)O1)[C@H](OC)/C=C/C=C(\C)C2. The summed E-state index contributed by atoms with van der Waals surface area (Å²) in [4.78, 5) is 114. The number of urea groups is 1. The number of alkyl halides is 2. The fourth-order valence-electron chi connectivity index (χ4n) is 10.7. The Bertz CT molecular complexity index is 3110. The first-order chi connectivity index (χ1) is 41.6. The molecule has 4 heterocycles. The number of alkyl carbamates (subject to hydrolysis) is 1. The van der Waals surface area contributed by atoms with Gasteiger partial charge < -0.3 is 65.4 Å². The van der Waals surface area contributed by atoms with Crippen LogP contribution in [0.4, 0.5) is 31.4 Å². The third-order valence-corrected chi connectivity index (χ3v) is 17.8. The van der Waals surface area contributed by atoms with Crippen LogP contribution in [0.2, 0.25) is 5.02 Å². The minimum absolute atomic E-state index is 0.0361. The number of carbonyl (C=O) groups excluding carboxylic acids is 8. The van der Waals surface area contributed by atoms with Gasteiger partial charge in [0.25, 0.3) is 0 Å². The molecule has 482 valence electrons. The van der Waals surface area contributed by atoms with Crippen molar-refractivity contribution in [1.29, 1.82) is 0 Å². The molecule has 2 saturated heterocycles. The summed E-state index contributed by atoms with van der Waals surface area (Å²) in [7, 11) is 4.40. The van der Waals surface area contributed by atoms with E-state index < -0.39 is 108 Å². The number of pyridine rings is 1. The molecule has 0 saturated carbocycles. The molecule has 0 radical (unpaired) electrons. The largest absolute Gasteiger partial charge is 0.495 e. The Morgan fingerprint density at radius 3 is 2.40 bits per heavy atom. The number of primary amides is 1. The summed E-state index contributed by atoms with van der Waals surface area (Å²) in [5, 5.41) is 29.6. The number of epoxide rings is 1. The van der Waals surface area contributed by atoms with Gasteiger partial charge in [0.15, 0.2) is 5.72 Å². The molecule has 2 aromatic carbocycles. The fourth-order valence-corrected chi connectivity index (χ4v) is 12.6. The van der Waals surface area contributed by atoms with Crippen LogP contribution in [-0.2, 0) is 54.1 Å². The molecule has 0 unspecified atom stereocenters. The number of nitrogens with two attached hydrogens (primary N) is 1. The first kappa shape index (κ1) is 70.5. The van der Waals surface area contributed by atoms with Gasteiger partial charge in [0, 0.05) is 61.7 Å². The predicted molar refractivity (Wildman–Crippen MR) is 338 cm³/mol. The Morgan fingerprint density at radius 1 is 1.01 bits per heavy atom. The second kappa shape index (κ2) is 31.2. The van der Waals surface area contributed by atoms with Crippen LogP contribution >= 0.6 is 43.5 Å². The lowest BCUT2D eigenvalue weighted by atomic mass is 9.83. The highest BCUT2D eigenvalue weighted by Crippen LogP contribution is 2.49. The number of esters is 1. The van der Waals surface area contributed by atoms with Gasteiger partial charge in [-0.1, -0.05) is 88.0 Å². The number of ether oxygens (including phenoxy) is 6. The summed E-state index contributed by atoms with van der Waals surface area (Å²) in [6.07, 6.45) is 2.40. The van der Waals surface area contributed by atoms with E-state index in [9.17, 15) is 43.5 Å². The number of amides is 8. The number of fused-ring (bicyclic) bond motifs is 6. The highest BCUT2D eigenvalue weighted by molar-refractivity contribution is 9.09. The number of nitrogens with zero attached hydrogens (tertiary/aromatic N) is 2. The smallest absolute Gasteiger partial charge is 0.412 e. The standard InChI is InChI=1S/C61H82Br2ClN9O15/c1-33(2)50(71-47(74)20-11-12-23-59(5,6)88-55(78)37(31-62)32-63)54(77)69-41(18-15-25-67-56(65)79)53(76)68-39-21-22-40(51-38(39)17-14-24-66-51)70-57(80)86-46-29-48(75)73(8)42-27-36(28-43(83-9)49(42)64)26-34(3)16-13-19-45(84-10)61(82)30-44(85-58(81)72-61)35(4)52-60(46,7)87-52/h13-14,16-17,19,21-22,24,27-28,33,35,37,41,44-46,50,52,82H,11-12,15,18,20,23,25-26,29-32H2,1-10H3,(H,68,76)(H,69,77)(H,70,80)(H,71,74)(H,72,81)(H3,65,67,79)/b19-13+,34-16+/t35-,41+,44+,45-,46+,50+,52+,60+,61+/m1/s1. The Kier molecular flexibility index (Phi) is 25.0. The van der Waals surface area contributed by atoms with Crippen molar-refractivity contribution in [3.63, 3.8) is 0 Å². The Labute approximate surface area is 534 Å². The van der Waals surface area contributed by atoms with Gasteiger partial charge in [-0.2, -0.15) is 0 Å². The minimum atomic E-state index is -1.91. The molecule has 3 aliphatic heterocycles. The summed E-state index contributed by atoms with van der Waals surface area (Å²) in [6, 6.07) is 6.79. The molecule has 24 nitrogen and oxygen atoms in total. The number of rotatable bonds is 23. The van der Waals surface area contributed by atoms with Crippen molar-refractivity contribution in [1.82, 2.24) is 26.3 Å². The summed E-state index contributed by atoms with van der Waals surface area (Å²) in [5.41, 5.74) is 3.81. The number of aromatic nitrogens is 1. The molecule has 9 N–H and O–H groups in total. The summed E-state index contributed by atoms with van der Waals surface area (Å²) in [5.74, 6) is -3.58. The maximum absolute atomic E-state index is 14.6. The number of benzene rings is 2. The third kappa shape index (κ3) is 18.5. The van der Waals surface area contributed by atoms with Crippen LogP contribution in [0.5, 0.6) is 5.75 Å². The van der Waals surface area contributed by atoms with Gasteiger partial charge in [-0.25, -0.2) is 14.4 Å². The van der Waals surface area contributed by atoms with E-state index >= 15 is 0 Å². The maximum Gasteiger partial charge on any atom is 0.412 e. The number of anilines is 3. The van der Waals surface area contributed by atoms with E-state index in [1.165, 1.54) is 44.5 Å². The van der Waals surface area contributed by atoms with E-state index in [4.69, 9.17) is 45.8 Å². The monoisotopic (exact) mass is 1370 g/mol. The van der Waals surface area contributed by atoms with Crippen LogP contribution in [0.15, 0.2) is 66.4 Å². The number of methoxy groups -OCH3 is 2. The number of halogens is 3. The zero-order valence-electron chi connectivity index (χ0n) is 51.2. The molecule has 4 bridgehead atoms.